The number of amides is 1. The minimum Gasteiger partial charge on any atom is -0.480 e. The molecular formula is C23H29NO4. The number of carbonyl (C=O) groups is 2. The Morgan fingerprint density at radius 1 is 1.04 bits per heavy atom. The van der Waals surface area contributed by atoms with E-state index in [1.807, 2.05) is 45.9 Å². The van der Waals surface area contributed by atoms with E-state index in [9.17, 15) is 9.59 Å². The van der Waals surface area contributed by atoms with E-state index >= 15 is 0 Å². The van der Waals surface area contributed by atoms with Gasteiger partial charge in [0.1, 0.15) is 5.75 Å². The highest BCUT2D eigenvalue weighted by Crippen LogP contribution is 2.23. The average Bonchev–Trinajstić information content (AvgIpc) is 2.69. The van der Waals surface area contributed by atoms with Gasteiger partial charge in [-0.15, -0.1) is 0 Å². The molecule has 0 saturated heterocycles. The van der Waals surface area contributed by atoms with Gasteiger partial charge in [0.05, 0.1) is 12.2 Å². The summed E-state index contributed by atoms with van der Waals surface area (Å²) in [5.74, 6) is 0.143. The summed E-state index contributed by atoms with van der Waals surface area (Å²) in [7, 11) is 0. The minimum atomic E-state index is -0.598. The van der Waals surface area contributed by atoms with Crippen LogP contribution in [-0.4, -0.2) is 24.6 Å². The summed E-state index contributed by atoms with van der Waals surface area (Å²) in [5, 5.41) is 2.85. The zero-order valence-electron chi connectivity index (χ0n) is 17.1. The molecule has 1 atom stereocenters. The van der Waals surface area contributed by atoms with Gasteiger partial charge in [-0.25, -0.2) is 4.79 Å². The molecule has 2 rings (SSSR count). The number of benzene rings is 2. The third-order valence-corrected chi connectivity index (χ3v) is 4.61. The molecule has 0 bridgehead atoms. The number of nitrogens with one attached hydrogen (secondary N) is 1. The van der Waals surface area contributed by atoms with E-state index in [0.717, 1.165) is 24.0 Å². The molecule has 5 nitrogen and oxygen atoms in total. The first-order valence-corrected chi connectivity index (χ1v) is 9.77. The number of rotatable bonds is 9. The van der Waals surface area contributed by atoms with Crippen molar-refractivity contribution in [1.29, 1.82) is 0 Å². The molecule has 0 aromatic heterocycles. The van der Waals surface area contributed by atoms with Gasteiger partial charge in [0, 0.05) is 5.69 Å². The number of hydrogen-bond acceptors (Lipinski definition) is 4. The fraction of sp³-hybridized carbons (Fsp3) is 0.391. The van der Waals surface area contributed by atoms with Gasteiger partial charge >= 0.3 is 5.97 Å². The lowest BCUT2D eigenvalue weighted by atomic mass is 10.1. The van der Waals surface area contributed by atoms with Gasteiger partial charge in [-0.1, -0.05) is 32.4 Å². The molecule has 0 aliphatic heterocycles. The Kier molecular flexibility index (Phi) is 8.05. The summed E-state index contributed by atoms with van der Waals surface area (Å²) < 4.78 is 11.1. The standard InChI is InChI=1S/C23H29NO4/c1-5-7-15-27-23(26)18-11-13-19(14-12-18)24-22(25)20(6-2)28-21-10-8-9-16(3)17(21)4/h8-14,20H,5-7,15H2,1-4H3,(H,24,25). The molecule has 0 aliphatic rings. The van der Waals surface area contributed by atoms with Crippen LogP contribution in [0.5, 0.6) is 5.75 Å². The zero-order valence-corrected chi connectivity index (χ0v) is 17.1. The van der Waals surface area contributed by atoms with E-state index in [4.69, 9.17) is 9.47 Å². The fourth-order valence-corrected chi connectivity index (χ4v) is 2.63. The lowest BCUT2D eigenvalue weighted by Gasteiger charge is -2.19. The third-order valence-electron chi connectivity index (χ3n) is 4.61. The predicted molar refractivity (Wildman–Crippen MR) is 111 cm³/mol. The Morgan fingerprint density at radius 2 is 1.75 bits per heavy atom. The number of ether oxygens (including phenoxy) is 2. The van der Waals surface area contributed by atoms with Gasteiger partial charge in [0.25, 0.3) is 5.91 Å². The van der Waals surface area contributed by atoms with Crippen molar-refractivity contribution in [2.45, 2.75) is 53.1 Å². The molecule has 1 N–H and O–H groups in total. The Hall–Kier alpha value is -2.82. The molecule has 0 spiro atoms. The van der Waals surface area contributed by atoms with Crippen LogP contribution in [0.15, 0.2) is 42.5 Å². The van der Waals surface area contributed by atoms with Crippen molar-refractivity contribution < 1.29 is 19.1 Å². The maximum Gasteiger partial charge on any atom is 0.338 e. The van der Waals surface area contributed by atoms with Crippen LogP contribution in [0.1, 0.15) is 54.6 Å². The number of carbonyl (C=O) groups excluding carboxylic acids is 2. The largest absolute Gasteiger partial charge is 0.480 e. The van der Waals surface area contributed by atoms with Gasteiger partial charge in [0.15, 0.2) is 6.10 Å². The van der Waals surface area contributed by atoms with Crippen molar-refractivity contribution in [3.63, 3.8) is 0 Å². The lowest BCUT2D eigenvalue weighted by Crippen LogP contribution is -2.32. The predicted octanol–water partition coefficient (Wildman–Crippen LogP) is 5.06. The summed E-state index contributed by atoms with van der Waals surface area (Å²) in [6.07, 6.45) is 1.76. The van der Waals surface area contributed by atoms with Gasteiger partial charge in [-0.05, 0) is 68.1 Å². The second-order valence-electron chi connectivity index (χ2n) is 6.77. The molecule has 0 radical (unpaired) electrons. The normalized spacial score (nSPS) is 11.6. The zero-order chi connectivity index (χ0) is 20.5. The van der Waals surface area contributed by atoms with Crippen LogP contribution in [0.3, 0.4) is 0 Å². The Labute approximate surface area is 167 Å². The highest BCUT2D eigenvalue weighted by atomic mass is 16.5. The molecule has 1 unspecified atom stereocenters. The number of hydrogen-bond donors (Lipinski definition) is 1. The Morgan fingerprint density at radius 3 is 2.39 bits per heavy atom. The molecule has 5 heteroatoms. The second kappa shape index (κ2) is 10.5. The molecule has 150 valence electrons. The van der Waals surface area contributed by atoms with Gasteiger partial charge in [-0.3, -0.25) is 4.79 Å². The smallest absolute Gasteiger partial charge is 0.338 e. The van der Waals surface area contributed by atoms with Gasteiger partial charge < -0.3 is 14.8 Å². The molecule has 1 amide bonds. The first-order valence-electron chi connectivity index (χ1n) is 9.77. The monoisotopic (exact) mass is 383 g/mol. The van der Waals surface area contributed by atoms with Crippen LogP contribution in [0, 0.1) is 13.8 Å². The van der Waals surface area contributed by atoms with Crippen LogP contribution in [0.25, 0.3) is 0 Å². The molecule has 0 heterocycles. The van der Waals surface area contributed by atoms with Crippen LogP contribution >= 0.6 is 0 Å². The van der Waals surface area contributed by atoms with E-state index in [1.54, 1.807) is 24.3 Å². The third kappa shape index (κ3) is 5.84. The maximum atomic E-state index is 12.6. The minimum absolute atomic E-state index is 0.221. The number of unbranched alkanes of at least 4 members (excludes halogenated alkanes) is 1. The van der Waals surface area contributed by atoms with E-state index in [-0.39, 0.29) is 11.9 Å². The van der Waals surface area contributed by atoms with Crippen molar-refractivity contribution in [3.8, 4) is 5.75 Å². The highest BCUT2D eigenvalue weighted by molar-refractivity contribution is 5.95. The lowest BCUT2D eigenvalue weighted by molar-refractivity contribution is -0.122. The van der Waals surface area contributed by atoms with E-state index in [1.165, 1.54) is 0 Å². The SMILES string of the molecule is CCCCOC(=O)c1ccc(NC(=O)C(CC)Oc2cccc(C)c2C)cc1. The topological polar surface area (TPSA) is 64.6 Å². The van der Waals surface area contributed by atoms with Gasteiger partial charge in [0.2, 0.25) is 0 Å². The number of anilines is 1. The van der Waals surface area contributed by atoms with Crippen LogP contribution in [0.2, 0.25) is 0 Å². The average molecular weight is 383 g/mol. The van der Waals surface area contributed by atoms with Crippen LogP contribution in [0.4, 0.5) is 5.69 Å². The summed E-state index contributed by atoms with van der Waals surface area (Å²) in [5.41, 5.74) is 3.22. The molecule has 2 aromatic carbocycles. The first kappa shape index (κ1) is 21.5. The fourth-order valence-electron chi connectivity index (χ4n) is 2.63. The molecule has 0 aliphatic carbocycles. The van der Waals surface area contributed by atoms with E-state index < -0.39 is 6.10 Å². The van der Waals surface area contributed by atoms with Crippen molar-refractivity contribution in [2.24, 2.45) is 0 Å². The van der Waals surface area contributed by atoms with Crippen LogP contribution in [-0.2, 0) is 9.53 Å². The molecule has 2 aromatic rings. The summed E-state index contributed by atoms with van der Waals surface area (Å²) in [6, 6.07) is 12.5. The first-order chi connectivity index (χ1) is 13.5. The van der Waals surface area contributed by atoms with Gasteiger partial charge in [-0.2, -0.15) is 0 Å². The molecule has 0 saturated carbocycles. The summed E-state index contributed by atoms with van der Waals surface area (Å²) >= 11 is 0. The van der Waals surface area contributed by atoms with E-state index in [2.05, 4.69) is 5.32 Å². The Balaban J connectivity index is 1.98. The van der Waals surface area contributed by atoms with Crippen molar-refractivity contribution in [3.05, 3.63) is 59.2 Å². The van der Waals surface area contributed by atoms with Crippen molar-refractivity contribution >= 4 is 17.6 Å². The summed E-state index contributed by atoms with van der Waals surface area (Å²) in [4.78, 5) is 24.6. The molecule has 0 fully saturated rings. The van der Waals surface area contributed by atoms with E-state index in [0.29, 0.717) is 30.0 Å². The van der Waals surface area contributed by atoms with Crippen molar-refractivity contribution in [1.82, 2.24) is 0 Å². The second-order valence-corrected chi connectivity index (χ2v) is 6.77. The highest BCUT2D eigenvalue weighted by Gasteiger charge is 2.20. The Bertz CT molecular complexity index is 799. The summed E-state index contributed by atoms with van der Waals surface area (Å²) in [6.45, 7) is 8.36. The molecular weight excluding hydrogens is 354 g/mol. The number of aryl methyl sites for hydroxylation is 1. The molecule has 28 heavy (non-hydrogen) atoms. The quantitative estimate of drug-likeness (QED) is 0.486. The van der Waals surface area contributed by atoms with Crippen molar-refractivity contribution in [2.75, 3.05) is 11.9 Å². The number of esters is 1. The van der Waals surface area contributed by atoms with Crippen LogP contribution < -0.4 is 10.1 Å². The maximum absolute atomic E-state index is 12.6.